The summed E-state index contributed by atoms with van der Waals surface area (Å²) in [7, 11) is 0. The lowest BCUT2D eigenvalue weighted by molar-refractivity contribution is -0.139. The smallest absolute Gasteiger partial charge is 0.341 e. The number of carbonyl (C=O) groups is 1. The number of anilines is 2. The van der Waals surface area contributed by atoms with E-state index in [1.165, 1.54) is 16.3 Å². The first-order valence-electron chi connectivity index (χ1n) is 12.7. The average Bonchev–Trinajstić information content (AvgIpc) is 2.91. The van der Waals surface area contributed by atoms with Crippen molar-refractivity contribution in [3.8, 4) is 11.5 Å². The Balaban J connectivity index is 1.30. The van der Waals surface area contributed by atoms with Crippen molar-refractivity contribution in [1.82, 2.24) is 5.32 Å². The molecule has 0 aliphatic carbocycles. The zero-order valence-electron chi connectivity index (χ0n) is 21.2. The summed E-state index contributed by atoms with van der Waals surface area (Å²) in [6.45, 7) is 5.25. The van der Waals surface area contributed by atoms with Gasteiger partial charge in [-0.2, -0.15) is 0 Å². The number of aryl methyl sites for hydroxylation is 1. The third-order valence-corrected chi connectivity index (χ3v) is 6.88. The third kappa shape index (κ3) is 5.54. The number of hydrogen-bond donors (Lipinski definition) is 2. The molecule has 2 N–H and O–H groups in total. The van der Waals surface area contributed by atoms with Crippen molar-refractivity contribution < 1.29 is 19.4 Å². The molecule has 5 rings (SSSR count). The van der Waals surface area contributed by atoms with Gasteiger partial charge in [0.15, 0.2) is 6.61 Å². The molecule has 1 aliphatic rings. The lowest BCUT2D eigenvalue weighted by Gasteiger charge is -2.36. The van der Waals surface area contributed by atoms with Gasteiger partial charge < -0.3 is 24.8 Å². The van der Waals surface area contributed by atoms with Crippen LogP contribution in [0.1, 0.15) is 30.5 Å². The number of nitrogens with zero attached hydrogens (tertiary/aromatic N) is 1. The molecule has 2 unspecified atom stereocenters. The largest absolute Gasteiger partial charge is 0.486 e. The monoisotopic (exact) mass is 496 g/mol. The van der Waals surface area contributed by atoms with Gasteiger partial charge in [-0.05, 0) is 66.9 Å². The zero-order chi connectivity index (χ0) is 25.8. The molecule has 0 amide bonds. The maximum Gasteiger partial charge on any atom is 0.341 e. The Hall–Kier alpha value is -4.03. The first-order chi connectivity index (χ1) is 18.0. The second kappa shape index (κ2) is 10.9. The fraction of sp³-hybridized carbons (Fsp3) is 0.258. The molecule has 6 nitrogen and oxygen atoms in total. The van der Waals surface area contributed by atoms with Crippen LogP contribution in [0.2, 0.25) is 0 Å². The highest BCUT2D eigenvalue weighted by atomic mass is 16.5. The highest BCUT2D eigenvalue weighted by Crippen LogP contribution is 2.40. The van der Waals surface area contributed by atoms with Gasteiger partial charge in [0.2, 0.25) is 0 Å². The second-order valence-corrected chi connectivity index (χ2v) is 9.48. The minimum absolute atomic E-state index is 0.00758. The summed E-state index contributed by atoms with van der Waals surface area (Å²) in [6.07, 6.45) is 0.834. The molecular weight excluding hydrogens is 464 g/mol. The Morgan fingerprint density at radius 2 is 1.86 bits per heavy atom. The standard InChI is InChI=1S/C31H32N2O4/c1-21-14-15-24(18-30(21)36-20-31(34)35)33-19-25(37-29-13-6-5-12-28(29)33)16-17-32-22(2)26-11-7-9-23-8-3-4-10-27(23)26/h3-15,18,22,25,32H,16-17,19-20H2,1-2H3,(H,34,35). The van der Waals surface area contributed by atoms with Crippen molar-refractivity contribution in [3.05, 3.63) is 96.1 Å². The molecular formula is C31H32N2O4. The van der Waals surface area contributed by atoms with Crippen molar-refractivity contribution in [2.24, 2.45) is 0 Å². The average molecular weight is 497 g/mol. The number of hydrogen-bond acceptors (Lipinski definition) is 5. The number of fused-ring (bicyclic) bond motifs is 2. The highest BCUT2D eigenvalue weighted by molar-refractivity contribution is 5.86. The molecule has 4 aromatic carbocycles. The molecule has 4 aromatic rings. The van der Waals surface area contributed by atoms with Crippen LogP contribution < -0.4 is 19.7 Å². The molecule has 0 saturated heterocycles. The Kier molecular flexibility index (Phi) is 7.28. The quantitative estimate of drug-likeness (QED) is 0.285. The molecule has 1 heterocycles. The lowest BCUT2D eigenvalue weighted by Crippen LogP contribution is -2.39. The summed E-state index contributed by atoms with van der Waals surface area (Å²) in [5.41, 5.74) is 4.13. The van der Waals surface area contributed by atoms with E-state index >= 15 is 0 Å². The Bertz CT molecular complexity index is 1400. The number of ether oxygens (including phenoxy) is 2. The van der Waals surface area contributed by atoms with Gasteiger partial charge in [-0.3, -0.25) is 0 Å². The summed E-state index contributed by atoms with van der Waals surface area (Å²) in [6, 6.07) is 29.1. The van der Waals surface area contributed by atoms with E-state index in [9.17, 15) is 4.79 Å². The Labute approximate surface area is 217 Å². The first kappa shape index (κ1) is 24.7. The van der Waals surface area contributed by atoms with Crippen molar-refractivity contribution in [3.63, 3.8) is 0 Å². The molecule has 0 bridgehead atoms. The number of aliphatic carboxylic acids is 1. The molecule has 190 valence electrons. The van der Waals surface area contributed by atoms with E-state index in [0.717, 1.165) is 35.7 Å². The van der Waals surface area contributed by atoms with Gasteiger partial charge in [-0.15, -0.1) is 0 Å². The van der Waals surface area contributed by atoms with Gasteiger partial charge in [-0.1, -0.05) is 60.7 Å². The van der Waals surface area contributed by atoms with Crippen molar-refractivity contribution in [1.29, 1.82) is 0 Å². The van der Waals surface area contributed by atoms with Gasteiger partial charge >= 0.3 is 5.97 Å². The summed E-state index contributed by atoms with van der Waals surface area (Å²) in [5, 5.41) is 15.3. The fourth-order valence-corrected chi connectivity index (χ4v) is 4.94. The van der Waals surface area contributed by atoms with Crippen LogP contribution >= 0.6 is 0 Å². The SMILES string of the molecule is Cc1ccc(N2CC(CCNC(C)c3cccc4ccccc34)Oc3ccccc32)cc1OCC(=O)O. The van der Waals surface area contributed by atoms with Gasteiger partial charge in [0, 0.05) is 17.8 Å². The van der Waals surface area contributed by atoms with Crippen LogP contribution in [0.3, 0.4) is 0 Å². The molecule has 2 atom stereocenters. The minimum atomic E-state index is -0.994. The fourth-order valence-electron chi connectivity index (χ4n) is 4.94. The molecule has 6 heteroatoms. The van der Waals surface area contributed by atoms with Crippen LogP contribution in [0.25, 0.3) is 10.8 Å². The maximum absolute atomic E-state index is 11.0. The van der Waals surface area contributed by atoms with Gasteiger partial charge in [0.05, 0.1) is 12.2 Å². The molecule has 0 saturated carbocycles. The van der Waals surface area contributed by atoms with E-state index in [4.69, 9.17) is 14.6 Å². The molecule has 0 fully saturated rings. The van der Waals surface area contributed by atoms with Crippen LogP contribution in [-0.4, -0.2) is 36.9 Å². The number of para-hydroxylation sites is 2. The summed E-state index contributed by atoms with van der Waals surface area (Å²) >= 11 is 0. The molecule has 0 radical (unpaired) electrons. The number of carboxylic acid groups (broad SMARTS) is 1. The number of rotatable bonds is 9. The Morgan fingerprint density at radius 1 is 1.08 bits per heavy atom. The van der Waals surface area contributed by atoms with Crippen LogP contribution in [0.4, 0.5) is 11.4 Å². The van der Waals surface area contributed by atoms with E-state index in [1.807, 2.05) is 49.4 Å². The van der Waals surface area contributed by atoms with E-state index in [-0.39, 0.29) is 18.8 Å². The zero-order valence-corrected chi connectivity index (χ0v) is 21.2. The predicted molar refractivity (Wildman–Crippen MR) is 147 cm³/mol. The van der Waals surface area contributed by atoms with Crippen molar-refractivity contribution >= 4 is 28.1 Å². The van der Waals surface area contributed by atoms with Gasteiger partial charge in [0.1, 0.15) is 17.6 Å². The number of benzene rings is 4. The summed E-state index contributed by atoms with van der Waals surface area (Å²) in [5.74, 6) is 0.423. The highest BCUT2D eigenvalue weighted by Gasteiger charge is 2.27. The predicted octanol–water partition coefficient (Wildman–Crippen LogP) is 6.25. The van der Waals surface area contributed by atoms with Crippen molar-refractivity contribution in [2.45, 2.75) is 32.4 Å². The summed E-state index contributed by atoms with van der Waals surface area (Å²) < 4.78 is 11.9. The summed E-state index contributed by atoms with van der Waals surface area (Å²) in [4.78, 5) is 13.2. The molecule has 37 heavy (non-hydrogen) atoms. The second-order valence-electron chi connectivity index (χ2n) is 9.48. The van der Waals surface area contributed by atoms with Gasteiger partial charge in [0.25, 0.3) is 0 Å². The normalized spacial score (nSPS) is 15.6. The molecule has 0 spiro atoms. The third-order valence-electron chi connectivity index (χ3n) is 6.88. The first-order valence-corrected chi connectivity index (χ1v) is 12.7. The Morgan fingerprint density at radius 3 is 2.73 bits per heavy atom. The molecule has 0 aromatic heterocycles. The van der Waals surface area contributed by atoms with E-state index in [2.05, 4.69) is 59.6 Å². The lowest BCUT2D eigenvalue weighted by atomic mass is 9.99. The van der Waals surface area contributed by atoms with Crippen LogP contribution in [0.15, 0.2) is 84.9 Å². The van der Waals surface area contributed by atoms with E-state index in [0.29, 0.717) is 12.3 Å². The minimum Gasteiger partial charge on any atom is -0.486 e. The van der Waals surface area contributed by atoms with Gasteiger partial charge in [-0.25, -0.2) is 4.79 Å². The topological polar surface area (TPSA) is 71.0 Å². The van der Waals surface area contributed by atoms with Crippen molar-refractivity contribution in [2.75, 3.05) is 24.6 Å². The van der Waals surface area contributed by atoms with Crippen LogP contribution in [0.5, 0.6) is 11.5 Å². The number of nitrogens with one attached hydrogen (secondary N) is 1. The van der Waals surface area contributed by atoms with E-state index < -0.39 is 5.97 Å². The maximum atomic E-state index is 11.0. The number of carboxylic acids is 1. The molecule has 1 aliphatic heterocycles. The van der Waals surface area contributed by atoms with Crippen LogP contribution in [0, 0.1) is 6.92 Å². The van der Waals surface area contributed by atoms with Crippen LogP contribution in [-0.2, 0) is 4.79 Å². The van der Waals surface area contributed by atoms with E-state index in [1.54, 1.807) is 0 Å².